The molecule has 1 aromatic heterocycles. The molecule has 2 N–H and O–H groups in total. The van der Waals surface area contributed by atoms with Crippen molar-refractivity contribution >= 4 is 40.5 Å². The fourth-order valence-electron chi connectivity index (χ4n) is 5.34. The van der Waals surface area contributed by atoms with Gasteiger partial charge < -0.3 is 29.2 Å². The number of aromatic amines is 1. The highest BCUT2D eigenvalue weighted by molar-refractivity contribution is 6.31. The van der Waals surface area contributed by atoms with Crippen LogP contribution < -0.4 is 19.5 Å². The van der Waals surface area contributed by atoms with Gasteiger partial charge in [0.2, 0.25) is 6.41 Å². The molecular weight excluding hydrogens is 589 g/mol. The van der Waals surface area contributed by atoms with Gasteiger partial charge in [-0.1, -0.05) is 29.3 Å². The van der Waals surface area contributed by atoms with Crippen LogP contribution in [0.4, 0.5) is 0 Å². The molecule has 2 heterocycles. The molecule has 1 atom stereocenters. The third-order valence-corrected chi connectivity index (χ3v) is 8.04. The molecular formula is C33H37Cl2N3O5. The summed E-state index contributed by atoms with van der Waals surface area (Å²) in [6.07, 6.45) is 2.76. The number of carbonyl (C=O) groups excluding carboxylic acids is 1. The Morgan fingerprint density at radius 3 is 2.56 bits per heavy atom. The van der Waals surface area contributed by atoms with Gasteiger partial charge in [-0.25, -0.2) is 0 Å². The maximum atomic E-state index is 11.0. The smallest absolute Gasteiger partial charge is 0.207 e. The van der Waals surface area contributed by atoms with E-state index in [2.05, 4.69) is 15.2 Å². The van der Waals surface area contributed by atoms with Crippen molar-refractivity contribution in [2.45, 2.75) is 25.4 Å². The molecule has 0 radical (unpaired) electrons. The lowest BCUT2D eigenvalue weighted by Gasteiger charge is -2.26. The summed E-state index contributed by atoms with van der Waals surface area (Å²) < 4.78 is 24.0. The first-order valence-electron chi connectivity index (χ1n) is 14.6. The number of carbonyl (C=O) groups is 1. The Hall–Kier alpha value is -3.43. The number of halogens is 2. The number of nitrogens with one attached hydrogen (secondary N) is 2. The van der Waals surface area contributed by atoms with Gasteiger partial charge in [-0.3, -0.25) is 9.69 Å². The zero-order valence-electron chi connectivity index (χ0n) is 24.2. The number of H-pyrrole nitrogens is 1. The van der Waals surface area contributed by atoms with Crippen LogP contribution in [0.25, 0.3) is 10.9 Å². The highest BCUT2D eigenvalue weighted by atomic mass is 35.5. The van der Waals surface area contributed by atoms with Crippen LogP contribution in [0.5, 0.6) is 17.2 Å². The molecule has 10 heteroatoms. The lowest BCUT2D eigenvalue weighted by atomic mass is 9.99. The number of benzene rings is 3. The van der Waals surface area contributed by atoms with Crippen LogP contribution in [-0.2, 0) is 16.0 Å². The molecule has 1 amide bonds. The molecule has 3 aromatic carbocycles. The minimum atomic E-state index is -0.532. The van der Waals surface area contributed by atoms with Crippen molar-refractivity contribution in [3.63, 3.8) is 0 Å². The van der Waals surface area contributed by atoms with E-state index >= 15 is 0 Å². The van der Waals surface area contributed by atoms with E-state index in [9.17, 15) is 4.79 Å². The third-order valence-electron chi connectivity index (χ3n) is 7.55. The van der Waals surface area contributed by atoms with Crippen LogP contribution in [-0.4, -0.2) is 69.4 Å². The van der Waals surface area contributed by atoms with Crippen molar-refractivity contribution in [2.24, 2.45) is 0 Å². The molecule has 43 heavy (non-hydrogen) atoms. The summed E-state index contributed by atoms with van der Waals surface area (Å²) in [7, 11) is 1.64. The highest BCUT2D eigenvalue weighted by Gasteiger charge is 2.25. The van der Waals surface area contributed by atoms with Gasteiger partial charge >= 0.3 is 0 Å². The van der Waals surface area contributed by atoms with Gasteiger partial charge in [0.05, 0.1) is 32.6 Å². The number of morpholine rings is 1. The SMILES string of the molecule is COc1cc(C(Oc2ccc(Cl)cc2)c2[nH]c3ccc(Cl)cc3c2CCNC=O)ccc1OCCCCN1CCOCC1. The van der Waals surface area contributed by atoms with Crippen LogP contribution in [0.3, 0.4) is 0 Å². The van der Waals surface area contributed by atoms with Crippen molar-refractivity contribution in [1.82, 2.24) is 15.2 Å². The lowest BCUT2D eigenvalue weighted by molar-refractivity contribution is -0.109. The van der Waals surface area contributed by atoms with Crippen LogP contribution in [0.15, 0.2) is 60.7 Å². The molecule has 4 aromatic rings. The number of hydrogen-bond donors (Lipinski definition) is 2. The minimum Gasteiger partial charge on any atom is -0.493 e. The maximum Gasteiger partial charge on any atom is 0.207 e. The second-order valence-electron chi connectivity index (χ2n) is 10.4. The van der Waals surface area contributed by atoms with Gasteiger partial charge in [0.25, 0.3) is 0 Å². The first kappa shape index (κ1) is 31.0. The number of rotatable bonds is 15. The van der Waals surface area contributed by atoms with E-state index in [0.29, 0.717) is 53.3 Å². The average molecular weight is 627 g/mol. The van der Waals surface area contributed by atoms with Gasteiger partial charge in [0, 0.05) is 46.1 Å². The second-order valence-corrected chi connectivity index (χ2v) is 11.3. The van der Waals surface area contributed by atoms with E-state index in [1.54, 1.807) is 19.2 Å². The molecule has 0 bridgehead atoms. The molecule has 0 spiro atoms. The van der Waals surface area contributed by atoms with Gasteiger partial charge in [0.1, 0.15) is 5.75 Å². The average Bonchev–Trinajstić information content (AvgIpc) is 3.38. The Labute approximate surface area is 262 Å². The Balaban J connectivity index is 1.41. The molecule has 5 rings (SSSR count). The molecule has 1 fully saturated rings. The molecule has 8 nitrogen and oxygen atoms in total. The largest absolute Gasteiger partial charge is 0.493 e. The second kappa shape index (κ2) is 15.3. The van der Waals surface area contributed by atoms with E-state index in [4.69, 9.17) is 42.1 Å². The van der Waals surface area contributed by atoms with Crippen molar-refractivity contribution in [3.8, 4) is 17.2 Å². The quantitative estimate of drug-likeness (QED) is 0.117. The summed E-state index contributed by atoms with van der Waals surface area (Å²) in [5.74, 6) is 1.96. The predicted octanol–water partition coefficient (Wildman–Crippen LogP) is 6.43. The summed E-state index contributed by atoms with van der Waals surface area (Å²) in [5, 5.41) is 5.00. The summed E-state index contributed by atoms with van der Waals surface area (Å²) in [4.78, 5) is 17.0. The summed E-state index contributed by atoms with van der Waals surface area (Å²) in [6, 6.07) is 18.9. The molecule has 1 aliphatic rings. The minimum absolute atomic E-state index is 0.464. The highest BCUT2D eigenvalue weighted by Crippen LogP contribution is 2.38. The number of aromatic nitrogens is 1. The number of ether oxygens (including phenoxy) is 4. The monoisotopic (exact) mass is 625 g/mol. The summed E-state index contributed by atoms with van der Waals surface area (Å²) >= 11 is 12.6. The third kappa shape index (κ3) is 8.15. The number of hydrogen-bond acceptors (Lipinski definition) is 6. The number of methoxy groups -OCH3 is 1. The van der Waals surface area contributed by atoms with Gasteiger partial charge in [0.15, 0.2) is 17.6 Å². The molecule has 0 saturated carbocycles. The first-order valence-corrected chi connectivity index (χ1v) is 15.3. The Bertz CT molecular complexity index is 1490. The molecule has 1 unspecified atom stereocenters. The van der Waals surface area contributed by atoms with Crippen molar-refractivity contribution in [3.05, 3.63) is 87.5 Å². The molecule has 0 aliphatic carbocycles. The van der Waals surface area contributed by atoms with Crippen LogP contribution in [0, 0.1) is 0 Å². The number of nitrogens with zero attached hydrogens (tertiary/aromatic N) is 1. The normalized spacial score (nSPS) is 14.4. The van der Waals surface area contributed by atoms with Crippen LogP contribution >= 0.6 is 23.2 Å². The molecule has 1 saturated heterocycles. The number of fused-ring (bicyclic) bond motifs is 1. The maximum absolute atomic E-state index is 11.0. The molecule has 1 aliphatic heterocycles. The van der Waals surface area contributed by atoms with Gasteiger partial charge in [-0.05, 0) is 86.0 Å². The fraction of sp³-hybridized carbons (Fsp3) is 0.364. The topological polar surface area (TPSA) is 85.0 Å². The van der Waals surface area contributed by atoms with E-state index in [1.165, 1.54) is 0 Å². The van der Waals surface area contributed by atoms with E-state index < -0.39 is 6.10 Å². The Morgan fingerprint density at radius 2 is 1.79 bits per heavy atom. The first-order chi connectivity index (χ1) is 21.1. The zero-order chi connectivity index (χ0) is 30.0. The van der Waals surface area contributed by atoms with E-state index in [0.717, 1.165) is 73.4 Å². The van der Waals surface area contributed by atoms with Crippen molar-refractivity contribution < 1.29 is 23.7 Å². The summed E-state index contributed by atoms with van der Waals surface area (Å²) in [6.45, 7) is 5.72. The Morgan fingerprint density at radius 1 is 1.00 bits per heavy atom. The van der Waals surface area contributed by atoms with Crippen molar-refractivity contribution in [1.29, 1.82) is 0 Å². The standard InChI is InChI=1S/C33H37Cl2N3O5/c1-40-31-20-23(4-11-30(31)42-17-3-2-14-38-15-18-41-19-16-38)33(43-26-8-5-24(34)6-9-26)32-27(12-13-36-22-39)28-21-25(35)7-10-29(28)37-32/h4-11,20-22,33,37H,2-3,12-19H2,1H3,(H,36,39). The fourth-order valence-corrected chi connectivity index (χ4v) is 5.64. The van der Waals surface area contributed by atoms with Crippen molar-refractivity contribution in [2.75, 3.05) is 53.1 Å². The van der Waals surface area contributed by atoms with E-state index in [-0.39, 0.29) is 0 Å². The van der Waals surface area contributed by atoms with Gasteiger partial charge in [-0.2, -0.15) is 0 Å². The van der Waals surface area contributed by atoms with E-state index in [1.807, 2.05) is 48.5 Å². The lowest BCUT2D eigenvalue weighted by Crippen LogP contribution is -2.36. The summed E-state index contributed by atoms with van der Waals surface area (Å²) in [5.41, 5.74) is 3.66. The van der Waals surface area contributed by atoms with Crippen LogP contribution in [0.1, 0.15) is 35.8 Å². The number of unbranched alkanes of at least 4 members (excludes halogenated alkanes) is 1. The van der Waals surface area contributed by atoms with Crippen LogP contribution in [0.2, 0.25) is 10.0 Å². The number of amides is 1. The van der Waals surface area contributed by atoms with Gasteiger partial charge in [-0.15, -0.1) is 0 Å². The Kier molecular flexibility index (Phi) is 11.1. The predicted molar refractivity (Wildman–Crippen MR) is 170 cm³/mol. The molecule has 228 valence electrons. The zero-order valence-corrected chi connectivity index (χ0v) is 25.8.